The predicted molar refractivity (Wildman–Crippen MR) is 65.2 cm³/mol. The summed E-state index contributed by atoms with van der Waals surface area (Å²) < 4.78 is 2.41. The molecule has 0 unspecified atom stereocenters. The van der Waals surface area contributed by atoms with Gasteiger partial charge in [-0.3, -0.25) is 0 Å². The Morgan fingerprint density at radius 2 is 2.23 bits per heavy atom. The Morgan fingerprint density at radius 1 is 1.46 bits per heavy atom. The Bertz CT molecular complexity index is 447. The molecule has 1 heterocycles. The van der Waals surface area contributed by atoms with Crippen molar-refractivity contribution in [1.82, 2.24) is 0 Å². The molecule has 1 N–H and O–H groups in total. The quantitative estimate of drug-likeness (QED) is 0.802. The van der Waals surface area contributed by atoms with E-state index in [9.17, 15) is 5.11 Å². The van der Waals surface area contributed by atoms with E-state index in [4.69, 9.17) is 0 Å². The van der Waals surface area contributed by atoms with Crippen LogP contribution in [0.25, 0.3) is 10.1 Å². The Hall–Kier alpha value is -0.130. The minimum absolute atomic E-state index is 0.132. The van der Waals surface area contributed by atoms with Crippen molar-refractivity contribution < 1.29 is 5.11 Å². The number of hydrogen-bond donors (Lipinski definition) is 1. The van der Waals surface area contributed by atoms with Gasteiger partial charge in [0.15, 0.2) is 0 Å². The molecule has 1 nitrogen and oxygen atoms in total. The number of thiophene rings is 1. The number of rotatable bonds is 1. The first kappa shape index (κ1) is 9.43. The lowest BCUT2D eigenvalue weighted by atomic mass is 10.1. The number of halogens is 1. The summed E-state index contributed by atoms with van der Waals surface area (Å²) in [6, 6.07) is 4.21. The van der Waals surface area contributed by atoms with Crippen LogP contribution in [0.15, 0.2) is 17.5 Å². The summed E-state index contributed by atoms with van der Waals surface area (Å²) in [7, 11) is 0. The van der Waals surface area contributed by atoms with Crippen LogP contribution < -0.4 is 0 Å². The van der Waals surface area contributed by atoms with Crippen molar-refractivity contribution in [2.24, 2.45) is 0 Å². The van der Waals surface area contributed by atoms with Gasteiger partial charge in [-0.1, -0.05) is 0 Å². The van der Waals surface area contributed by atoms with E-state index in [0.29, 0.717) is 0 Å². The van der Waals surface area contributed by atoms with Crippen molar-refractivity contribution in [2.45, 2.75) is 13.5 Å². The molecular formula is C10H9IOS. The van der Waals surface area contributed by atoms with Gasteiger partial charge in [-0.2, -0.15) is 0 Å². The van der Waals surface area contributed by atoms with Crippen LogP contribution in [0.5, 0.6) is 0 Å². The molecule has 0 atom stereocenters. The standard InChI is InChI=1S/C10H9IOS/c1-6-5-13-10-7(4-12)2-8(11)3-9(6)10/h2-3,5,12H,4H2,1H3. The maximum absolute atomic E-state index is 9.17. The van der Waals surface area contributed by atoms with Gasteiger partial charge in [-0.25, -0.2) is 0 Å². The fraction of sp³-hybridized carbons (Fsp3) is 0.200. The molecule has 0 saturated heterocycles. The largest absolute Gasteiger partial charge is 0.392 e. The highest BCUT2D eigenvalue weighted by Gasteiger charge is 2.05. The van der Waals surface area contributed by atoms with E-state index in [2.05, 4.69) is 41.0 Å². The molecule has 0 aliphatic rings. The number of hydrogen-bond acceptors (Lipinski definition) is 2. The second-order valence-electron chi connectivity index (χ2n) is 3.02. The number of aliphatic hydroxyl groups excluding tert-OH is 1. The van der Waals surface area contributed by atoms with Crippen molar-refractivity contribution >= 4 is 44.0 Å². The molecule has 0 fully saturated rings. The van der Waals surface area contributed by atoms with E-state index in [1.165, 1.54) is 19.2 Å². The molecule has 0 aliphatic heterocycles. The predicted octanol–water partition coefficient (Wildman–Crippen LogP) is 3.31. The highest BCUT2D eigenvalue weighted by molar-refractivity contribution is 14.1. The Morgan fingerprint density at radius 3 is 2.92 bits per heavy atom. The highest BCUT2D eigenvalue weighted by atomic mass is 127. The molecule has 3 heteroatoms. The molecule has 0 saturated carbocycles. The van der Waals surface area contributed by atoms with Crippen LogP contribution in [0.2, 0.25) is 0 Å². The molecule has 0 radical (unpaired) electrons. The summed E-state index contributed by atoms with van der Waals surface area (Å²) in [6.45, 7) is 2.24. The van der Waals surface area contributed by atoms with Gasteiger partial charge < -0.3 is 5.11 Å². The monoisotopic (exact) mass is 304 g/mol. The Kier molecular flexibility index (Phi) is 2.58. The molecule has 68 valence electrons. The van der Waals surface area contributed by atoms with Crippen molar-refractivity contribution in [2.75, 3.05) is 0 Å². The lowest BCUT2D eigenvalue weighted by molar-refractivity contribution is 0.283. The van der Waals surface area contributed by atoms with Crippen LogP contribution in [-0.2, 0) is 6.61 Å². The van der Waals surface area contributed by atoms with Crippen LogP contribution in [0.3, 0.4) is 0 Å². The van der Waals surface area contributed by atoms with Crippen LogP contribution in [-0.4, -0.2) is 5.11 Å². The molecule has 0 amide bonds. The van der Waals surface area contributed by atoms with Gasteiger partial charge in [0.1, 0.15) is 0 Å². The first-order valence-corrected chi connectivity index (χ1v) is 5.95. The summed E-state index contributed by atoms with van der Waals surface area (Å²) in [4.78, 5) is 0. The first-order valence-electron chi connectivity index (χ1n) is 3.99. The minimum Gasteiger partial charge on any atom is -0.392 e. The number of benzene rings is 1. The van der Waals surface area contributed by atoms with Gasteiger partial charge >= 0.3 is 0 Å². The topological polar surface area (TPSA) is 20.2 Å². The van der Waals surface area contributed by atoms with Crippen LogP contribution in [0, 0.1) is 10.5 Å². The van der Waals surface area contributed by atoms with Crippen molar-refractivity contribution in [1.29, 1.82) is 0 Å². The van der Waals surface area contributed by atoms with E-state index in [1.807, 2.05) is 6.07 Å². The molecule has 2 aromatic rings. The first-order chi connectivity index (χ1) is 6.22. The molecule has 13 heavy (non-hydrogen) atoms. The Labute approximate surface area is 94.5 Å². The fourth-order valence-electron chi connectivity index (χ4n) is 1.41. The van der Waals surface area contributed by atoms with Gasteiger partial charge in [0, 0.05) is 8.27 Å². The van der Waals surface area contributed by atoms with Gasteiger partial charge in [0.05, 0.1) is 6.61 Å². The van der Waals surface area contributed by atoms with Crippen LogP contribution in [0.4, 0.5) is 0 Å². The molecule has 0 spiro atoms. The van der Waals surface area contributed by atoms with Gasteiger partial charge in [-0.05, 0) is 63.5 Å². The van der Waals surface area contributed by atoms with Crippen LogP contribution in [0.1, 0.15) is 11.1 Å². The van der Waals surface area contributed by atoms with Gasteiger partial charge in [-0.15, -0.1) is 11.3 Å². The van der Waals surface area contributed by atoms with Gasteiger partial charge in [0.25, 0.3) is 0 Å². The second-order valence-corrected chi connectivity index (χ2v) is 5.14. The second kappa shape index (κ2) is 3.55. The molecule has 0 aliphatic carbocycles. The third kappa shape index (κ3) is 1.60. The number of aryl methyl sites for hydroxylation is 1. The van der Waals surface area contributed by atoms with E-state index >= 15 is 0 Å². The summed E-state index contributed by atoms with van der Waals surface area (Å²) in [5.41, 5.74) is 2.34. The molecule has 1 aromatic carbocycles. The lowest BCUT2D eigenvalue weighted by Gasteiger charge is -2.00. The molecular weight excluding hydrogens is 295 g/mol. The fourth-order valence-corrected chi connectivity index (χ4v) is 3.14. The third-order valence-corrected chi connectivity index (χ3v) is 3.89. The van der Waals surface area contributed by atoms with Crippen molar-refractivity contribution in [3.63, 3.8) is 0 Å². The summed E-state index contributed by atoms with van der Waals surface area (Å²) in [6.07, 6.45) is 0. The minimum atomic E-state index is 0.132. The molecule has 1 aromatic heterocycles. The summed E-state index contributed by atoms with van der Waals surface area (Å²) in [5, 5.41) is 12.6. The third-order valence-electron chi connectivity index (χ3n) is 2.08. The van der Waals surface area contributed by atoms with Crippen molar-refractivity contribution in [3.8, 4) is 0 Å². The van der Waals surface area contributed by atoms with E-state index < -0.39 is 0 Å². The molecule has 2 rings (SSSR count). The van der Waals surface area contributed by atoms with E-state index in [-0.39, 0.29) is 6.61 Å². The highest BCUT2D eigenvalue weighted by Crippen LogP contribution is 2.30. The van der Waals surface area contributed by atoms with Crippen molar-refractivity contribution in [3.05, 3.63) is 32.2 Å². The maximum atomic E-state index is 9.17. The lowest BCUT2D eigenvalue weighted by Crippen LogP contribution is -1.84. The Balaban J connectivity index is 2.84. The SMILES string of the molecule is Cc1csc2c(CO)cc(I)cc12. The normalized spacial score (nSPS) is 11.0. The average Bonchev–Trinajstić information content (AvgIpc) is 2.47. The van der Waals surface area contributed by atoms with Crippen LogP contribution >= 0.6 is 33.9 Å². The zero-order chi connectivity index (χ0) is 9.42. The number of fused-ring (bicyclic) bond motifs is 1. The molecule has 0 bridgehead atoms. The van der Waals surface area contributed by atoms with Gasteiger partial charge in [0.2, 0.25) is 0 Å². The van der Waals surface area contributed by atoms with E-state index in [1.54, 1.807) is 11.3 Å². The average molecular weight is 304 g/mol. The number of aliphatic hydroxyl groups is 1. The zero-order valence-corrected chi connectivity index (χ0v) is 10.1. The zero-order valence-electron chi connectivity index (χ0n) is 7.17. The maximum Gasteiger partial charge on any atom is 0.0696 e. The smallest absolute Gasteiger partial charge is 0.0696 e. The van der Waals surface area contributed by atoms with E-state index in [0.717, 1.165) is 5.56 Å². The summed E-state index contributed by atoms with van der Waals surface area (Å²) in [5.74, 6) is 0. The summed E-state index contributed by atoms with van der Waals surface area (Å²) >= 11 is 4.00.